The highest BCUT2D eigenvalue weighted by atomic mass is 16.6. The van der Waals surface area contributed by atoms with Gasteiger partial charge in [0, 0.05) is 25.4 Å². The third-order valence-corrected chi connectivity index (χ3v) is 10.2. The average Bonchev–Trinajstić information content (AvgIpc) is 3.58. The minimum Gasteiger partial charge on any atom is -0.862 e. The van der Waals surface area contributed by atoms with Gasteiger partial charge in [-0.3, -0.25) is 24.0 Å². The lowest BCUT2D eigenvalue weighted by molar-refractivity contribution is -0.220. The third-order valence-electron chi connectivity index (χ3n) is 10.2. The molecule has 2 aromatic rings. The van der Waals surface area contributed by atoms with Crippen molar-refractivity contribution in [1.29, 1.82) is 5.41 Å². The summed E-state index contributed by atoms with van der Waals surface area (Å²) in [4.78, 5) is 84.0. The van der Waals surface area contributed by atoms with Crippen LogP contribution in [0.4, 0.5) is 4.79 Å². The summed E-state index contributed by atoms with van der Waals surface area (Å²) >= 11 is 0. The maximum absolute atomic E-state index is 14.4. The number of nitrogens with one attached hydrogen (secondary N) is 4. The van der Waals surface area contributed by atoms with Gasteiger partial charge >= 0.3 is 6.09 Å². The van der Waals surface area contributed by atoms with Gasteiger partial charge in [0.05, 0.1) is 12.6 Å². The number of primary amides is 1. The minimum atomic E-state index is -1.21. The van der Waals surface area contributed by atoms with Crippen molar-refractivity contribution in [3.05, 3.63) is 71.8 Å². The van der Waals surface area contributed by atoms with Gasteiger partial charge in [-0.15, -0.1) is 0 Å². The lowest BCUT2D eigenvalue weighted by Crippen LogP contribution is -2.62. The summed E-state index contributed by atoms with van der Waals surface area (Å²) in [5.41, 5.74) is 6.24. The molecule has 2 fully saturated rings. The fourth-order valence-electron chi connectivity index (χ4n) is 7.38. The van der Waals surface area contributed by atoms with E-state index in [-0.39, 0.29) is 44.6 Å². The van der Waals surface area contributed by atoms with Crippen molar-refractivity contribution in [2.45, 2.75) is 134 Å². The summed E-state index contributed by atoms with van der Waals surface area (Å²) in [5, 5.41) is 26.4. The van der Waals surface area contributed by atoms with Crippen LogP contribution < -0.4 is 26.8 Å². The molecule has 2 aliphatic heterocycles. The summed E-state index contributed by atoms with van der Waals surface area (Å²) < 4.78 is 5.47. The fourth-order valence-corrected chi connectivity index (χ4v) is 7.38. The molecule has 0 bridgehead atoms. The SMILES string of the molecule is CC(C)(C)OC(=O)N[C@H]1CN(C(=O)CCCCCCCC(=N)[O-])CC[C@H]2CC[C@@H](C(=O)N[C@@H](CCC(N)=O)C(=O)NC(c3ccccc3)c3ccccc3)N2C1=O. The van der Waals surface area contributed by atoms with E-state index in [1.165, 1.54) is 4.90 Å². The molecule has 6 N–H and O–H groups in total. The first-order valence-corrected chi connectivity index (χ1v) is 20.0. The van der Waals surface area contributed by atoms with Crippen LogP contribution in [0.5, 0.6) is 0 Å². The second kappa shape index (κ2) is 21.2. The first-order valence-electron chi connectivity index (χ1n) is 20.0. The highest BCUT2D eigenvalue weighted by molar-refractivity contribution is 5.95. The molecule has 2 saturated heterocycles. The summed E-state index contributed by atoms with van der Waals surface area (Å²) in [6.07, 6.45) is 4.17. The highest BCUT2D eigenvalue weighted by Crippen LogP contribution is 2.30. The molecule has 0 unspecified atom stereocenters. The van der Waals surface area contributed by atoms with Crippen molar-refractivity contribution in [2.24, 2.45) is 5.73 Å². The Morgan fingerprint density at radius 1 is 0.860 bits per heavy atom. The third kappa shape index (κ3) is 13.9. The van der Waals surface area contributed by atoms with E-state index in [1.807, 2.05) is 60.7 Å². The molecule has 15 nitrogen and oxygen atoms in total. The predicted octanol–water partition coefficient (Wildman–Crippen LogP) is 3.20. The number of carbonyl (C=O) groups is 6. The maximum Gasteiger partial charge on any atom is 0.408 e. The Morgan fingerprint density at radius 3 is 2.04 bits per heavy atom. The lowest BCUT2D eigenvalue weighted by atomic mass is 9.98. The van der Waals surface area contributed by atoms with E-state index in [0.29, 0.717) is 32.2 Å². The van der Waals surface area contributed by atoms with E-state index in [1.54, 1.807) is 25.7 Å². The molecule has 310 valence electrons. The standard InChI is InChI=1S/C42H59N7O8/c1-42(2,3)57-41(56)46-32-27-48(36(52)20-14-6-4-5-13-19-34(43)50)26-25-30-21-23-33(49(30)40(32)55)39(54)45-31(22-24-35(44)51)38(53)47-37(28-15-9-7-10-16-28)29-17-11-8-12-18-29/h7-12,15-18,30-33,37H,4-6,13-14,19-27H2,1-3H3,(H2,43,50)(H2,44,51)(H,45,54)(H,46,56)(H,47,53)/p-1/t30-,31+,32+,33+/m1/s1. The summed E-state index contributed by atoms with van der Waals surface area (Å²) in [7, 11) is 0. The number of alkyl carbamates (subject to hydrolysis) is 1. The van der Waals surface area contributed by atoms with E-state index in [9.17, 15) is 33.9 Å². The van der Waals surface area contributed by atoms with Gasteiger partial charge in [-0.1, -0.05) is 79.9 Å². The number of benzene rings is 2. The minimum absolute atomic E-state index is 0.0714. The molecule has 15 heteroatoms. The number of hydrogen-bond donors (Lipinski definition) is 5. The number of nitrogens with zero attached hydrogens (tertiary/aromatic N) is 2. The smallest absolute Gasteiger partial charge is 0.408 e. The Labute approximate surface area is 334 Å². The zero-order chi connectivity index (χ0) is 41.5. The first kappa shape index (κ1) is 44.2. The van der Waals surface area contributed by atoms with Crippen LogP contribution in [-0.2, 0) is 28.7 Å². The Kier molecular flexibility index (Phi) is 16.4. The number of ether oxygens (including phenoxy) is 1. The van der Waals surface area contributed by atoms with Crippen LogP contribution >= 0.6 is 0 Å². The molecule has 0 spiro atoms. The fraction of sp³-hybridized carbons (Fsp3) is 0.548. The van der Waals surface area contributed by atoms with Crippen molar-refractivity contribution in [2.75, 3.05) is 13.1 Å². The van der Waals surface area contributed by atoms with Crippen LogP contribution in [0.1, 0.15) is 115 Å². The van der Waals surface area contributed by atoms with Gasteiger partial charge in [-0.2, -0.15) is 0 Å². The molecule has 57 heavy (non-hydrogen) atoms. The molecule has 4 atom stereocenters. The summed E-state index contributed by atoms with van der Waals surface area (Å²) in [5.74, 6) is -3.04. The Bertz CT molecular complexity index is 1660. The number of fused-ring (bicyclic) bond motifs is 1. The molecule has 2 heterocycles. The van der Waals surface area contributed by atoms with Gasteiger partial charge < -0.3 is 46.7 Å². The Balaban J connectivity index is 1.51. The Morgan fingerprint density at radius 2 is 1.46 bits per heavy atom. The van der Waals surface area contributed by atoms with Crippen LogP contribution in [0, 0.1) is 5.41 Å². The van der Waals surface area contributed by atoms with E-state index in [4.69, 9.17) is 15.9 Å². The quantitative estimate of drug-likeness (QED) is 0.0854. The first-order chi connectivity index (χ1) is 27.1. The van der Waals surface area contributed by atoms with Gasteiger partial charge in [0.2, 0.25) is 29.5 Å². The van der Waals surface area contributed by atoms with Gasteiger partial charge in [0.25, 0.3) is 0 Å². The number of nitrogens with two attached hydrogens (primary N) is 1. The molecular formula is C42H58N7O8-. The molecular weight excluding hydrogens is 731 g/mol. The van der Waals surface area contributed by atoms with Gasteiger partial charge in [0.1, 0.15) is 23.7 Å². The molecule has 2 aliphatic rings. The Hall–Kier alpha value is -5.47. The number of unbranched alkanes of at least 4 members (excludes halogenated alkanes) is 4. The van der Waals surface area contributed by atoms with Crippen LogP contribution in [0.2, 0.25) is 0 Å². The number of rotatable bonds is 18. The van der Waals surface area contributed by atoms with Crippen molar-refractivity contribution in [3.63, 3.8) is 0 Å². The van der Waals surface area contributed by atoms with Crippen LogP contribution in [0.3, 0.4) is 0 Å². The maximum atomic E-state index is 14.4. The van der Waals surface area contributed by atoms with Crippen LogP contribution in [-0.4, -0.2) is 94.2 Å². The topological polar surface area (TPSA) is 227 Å². The number of carbonyl (C=O) groups excluding carboxylic acids is 6. The normalized spacial score (nSPS) is 18.8. The number of hydrogen-bond acceptors (Lipinski definition) is 9. The van der Waals surface area contributed by atoms with Crippen molar-refractivity contribution >= 4 is 41.5 Å². The van der Waals surface area contributed by atoms with Crippen LogP contribution in [0.25, 0.3) is 0 Å². The summed E-state index contributed by atoms with van der Waals surface area (Å²) in [6.45, 7) is 5.25. The van der Waals surface area contributed by atoms with Gasteiger partial charge in [-0.05, 0) is 82.7 Å². The molecule has 4 rings (SSSR count). The van der Waals surface area contributed by atoms with Crippen molar-refractivity contribution in [1.82, 2.24) is 25.8 Å². The van der Waals surface area contributed by atoms with E-state index >= 15 is 0 Å². The van der Waals surface area contributed by atoms with Crippen LogP contribution in [0.15, 0.2) is 60.7 Å². The van der Waals surface area contributed by atoms with Gasteiger partial charge in [0.15, 0.2) is 0 Å². The molecule has 6 amide bonds. The zero-order valence-electron chi connectivity index (χ0n) is 33.3. The zero-order valence-corrected chi connectivity index (χ0v) is 33.3. The molecule has 0 saturated carbocycles. The largest absolute Gasteiger partial charge is 0.862 e. The summed E-state index contributed by atoms with van der Waals surface area (Å²) in [6, 6.07) is 14.4. The van der Waals surface area contributed by atoms with E-state index in [0.717, 1.165) is 30.4 Å². The number of amides is 6. The van der Waals surface area contributed by atoms with E-state index in [2.05, 4.69) is 16.0 Å². The second-order valence-electron chi connectivity index (χ2n) is 15.8. The van der Waals surface area contributed by atoms with E-state index < -0.39 is 71.4 Å². The molecule has 0 aromatic heterocycles. The second-order valence-corrected chi connectivity index (χ2v) is 15.8. The van der Waals surface area contributed by atoms with Crippen molar-refractivity contribution < 1.29 is 38.6 Å². The molecule has 0 aliphatic carbocycles. The highest BCUT2D eigenvalue weighted by Gasteiger charge is 2.46. The van der Waals surface area contributed by atoms with Crippen molar-refractivity contribution in [3.8, 4) is 0 Å². The lowest BCUT2D eigenvalue weighted by Gasteiger charge is -2.39. The monoisotopic (exact) mass is 788 g/mol. The average molecular weight is 789 g/mol. The molecule has 0 radical (unpaired) electrons. The van der Waals surface area contributed by atoms with Gasteiger partial charge in [-0.25, -0.2) is 4.79 Å². The molecule has 2 aromatic carbocycles. The predicted molar refractivity (Wildman–Crippen MR) is 211 cm³/mol.